The first-order chi connectivity index (χ1) is 16.4. The number of hydrogen-bond donors (Lipinski definition) is 0. The standard InChI is InChI=1S/C29H28F4O/c1-3-15-34-25-14-12-20(27(31)29(25)33)8-7-19-11-13-24(28(32)26(19)30)23-10-9-21-16-18(4-2)5-6-22(21)17-23/h3-4,11-14,18,21-23H,1-2,5-6,9-10,15-17H2. The summed E-state index contributed by atoms with van der Waals surface area (Å²) in [6.45, 7) is 7.40. The number of benzene rings is 2. The molecule has 0 heterocycles. The first kappa shape index (κ1) is 24.1. The number of halogens is 4. The first-order valence-corrected chi connectivity index (χ1v) is 11.8. The summed E-state index contributed by atoms with van der Waals surface area (Å²) in [4.78, 5) is 0. The lowest BCUT2D eigenvalue weighted by Crippen LogP contribution is -2.30. The molecule has 0 aliphatic heterocycles. The molecule has 0 saturated heterocycles. The Kier molecular flexibility index (Phi) is 7.46. The largest absolute Gasteiger partial charge is 0.486 e. The molecule has 0 spiro atoms. The molecule has 178 valence electrons. The van der Waals surface area contributed by atoms with Crippen molar-refractivity contribution in [1.29, 1.82) is 0 Å². The van der Waals surface area contributed by atoms with Crippen molar-refractivity contribution >= 4 is 0 Å². The highest BCUT2D eigenvalue weighted by Gasteiger charge is 2.36. The van der Waals surface area contributed by atoms with Gasteiger partial charge in [0.2, 0.25) is 5.82 Å². The Morgan fingerprint density at radius 1 is 0.794 bits per heavy atom. The normalized spacial score (nSPS) is 23.9. The predicted octanol–water partition coefficient (Wildman–Crippen LogP) is 7.69. The molecule has 1 nitrogen and oxygen atoms in total. The average Bonchev–Trinajstić information content (AvgIpc) is 2.86. The lowest BCUT2D eigenvalue weighted by molar-refractivity contribution is 0.132. The number of ether oxygens (including phenoxy) is 1. The van der Waals surface area contributed by atoms with E-state index >= 15 is 4.39 Å². The Morgan fingerprint density at radius 3 is 2.15 bits per heavy atom. The van der Waals surface area contributed by atoms with Crippen LogP contribution in [0.4, 0.5) is 17.6 Å². The Hall–Kier alpha value is -3.00. The molecule has 2 aliphatic rings. The van der Waals surface area contributed by atoms with Crippen molar-refractivity contribution in [2.45, 2.75) is 44.4 Å². The van der Waals surface area contributed by atoms with E-state index in [0.717, 1.165) is 38.5 Å². The van der Waals surface area contributed by atoms with Crippen molar-refractivity contribution in [1.82, 2.24) is 0 Å². The maximum absolute atomic E-state index is 15.0. The summed E-state index contributed by atoms with van der Waals surface area (Å²) in [6.07, 6.45) is 9.52. The first-order valence-electron chi connectivity index (χ1n) is 11.8. The van der Waals surface area contributed by atoms with Crippen LogP contribution in [0.2, 0.25) is 0 Å². The van der Waals surface area contributed by atoms with Crippen LogP contribution in [-0.4, -0.2) is 6.61 Å². The fraction of sp³-hybridized carbons (Fsp3) is 0.379. The van der Waals surface area contributed by atoms with Gasteiger partial charge in [-0.3, -0.25) is 0 Å². The van der Waals surface area contributed by atoms with Crippen molar-refractivity contribution in [2.75, 3.05) is 6.61 Å². The zero-order valence-corrected chi connectivity index (χ0v) is 19.1. The monoisotopic (exact) mass is 468 g/mol. The summed E-state index contributed by atoms with van der Waals surface area (Å²) in [7, 11) is 0. The molecular formula is C29H28F4O. The van der Waals surface area contributed by atoms with E-state index < -0.39 is 23.3 Å². The van der Waals surface area contributed by atoms with Crippen molar-refractivity contribution in [3.05, 3.63) is 89.5 Å². The Bertz CT molecular complexity index is 1140. The van der Waals surface area contributed by atoms with Crippen LogP contribution in [0.25, 0.3) is 0 Å². The van der Waals surface area contributed by atoms with Gasteiger partial charge in [-0.1, -0.05) is 36.6 Å². The van der Waals surface area contributed by atoms with E-state index in [9.17, 15) is 13.2 Å². The van der Waals surface area contributed by atoms with Crippen molar-refractivity contribution in [3.8, 4) is 17.6 Å². The highest BCUT2D eigenvalue weighted by Crippen LogP contribution is 2.48. The molecule has 2 aromatic rings. The SMILES string of the molecule is C=CCOc1ccc(C#Cc2ccc(C3CCC4CC(C=C)CCC4C3)c(F)c2F)c(F)c1F. The Balaban J connectivity index is 1.51. The van der Waals surface area contributed by atoms with Crippen molar-refractivity contribution < 1.29 is 22.3 Å². The van der Waals surface area contributed by atoms with E-state index in [1.54, 1.807) is 6.07 Å². The molecule has 5 heteroatoms. The molecular weight excluding hydrogens is 440 g/mol. The Labute approximate surface area is 198 Å². The van der Waals surface area contributed by atoms with Crippen LogP contribution in [0.1, 0.15) is 61.1 Å². The summed E-state index contributed by atoms with van der Waals surface area (Å²) in [5.74, 6) is 1.99. The van der Waals surface area contributed by atoms with Crippen LogP contribution in [-0.2, 0) is 0 Å². The quantitative estimate of drug-likeness (QED) is 0.248. The maximum atomic E-state index is 15.0. The van der Waals surface area contributed by atoms with Crippen LogP contribution in [0.15, 0.2) is 49.6 Å². The minimum Gasteiger partial charge on any atom is -0.486 e. The molecule has 2 aromatic carbocycles. The summed E-state index contributed by atoms with van der Waals surface area (Å²) in [5.41, 5.74) is -0.0673. The Morgan fingerprint density at radius 2 is 1.44 bits per heavy atom. The minimum atomic E-state index is -1.20. The van der Waals surface area contributed by atoms with Gasteiger partial charge in [0.1, 0.15) is 6.61 Å². The number of allylic oxidation sites excluding steroid dienone is 1. The second kappa shape index (κ2) is 10.5. The molecule has 0 bridgehead atoms. The molecule has 4 unspecified atom stereocenters. The molecule has 2 saturated carbocycles. The van der Waals surface area contributed by atoms with Gasteiger partial charge in [0.15, 0.2) is 23.2 Å². The van der Waals surface area contributed by atoms with Gasteiger partial charge in [0.05, 0.1) is 11.1 Å². The summed E-state index contributed by atoms with van der Waals surface area (Å²) in [6, 6.07) is 5.50. The van der Waals surface area contributed by atoms with Crippen LogP contribution >= 0.6 is 0 Å². The van der Waals surface area contributed by atoms with Crippen molar-refractivity contribution in [2.24, 2.45) is 17.8 Å². The van der Waals surface area contributed by atoms with Gasteiger partial charge in [-0.2, -0.15) is 4.39 Å². The fourth-order valence-electron chi connectivity index (χ4n) is 5.42. The van der Waals surface area contributed by atoms with Gasteiger partial charge in [-0.15, -0.1) is 6.58 Å². The lowest BCUT2D eigenvalue weighted by atomic mass is 9.64. The number of fused-ring (bicyclic) bond motifs is 1. The summed E-state index contributed by atoms with van der Waals surface area (Å²) < 4.78 is 63.3. The van der Waals surface area contributed by atoms with Gasteiger partial charge < -0.3 is 4.74 Å². The van der Waals surface area contributed by atoms with Gasteiger partial charge in [0, 0.05) is 0 Å². The maximum Gasteiger partial charge on any atom is 0.201 e. The third-order valence-electron chi connectivity index (χ3n) is 7.27. The van der Waals surface area contributed by atoms with Gasteiger partial charge >= 0.3 is 0 Å². The van der Waals surface area contributed by atoms with Gasteiger partial charge in [-0.05, 0) is 86.0 Å². The molecule has 0 radical (unpaired) electrons. The second-order valence-electron chi connectivity index (χ2n) is 9.26. The third-order valence-corrected chi connectivity index (χ3v) is 7.27. The molecule has 0 amide bonds. The van der Waals surface area contributed by atoms with Crippen molar-refractivity contribution in [3.63, 3.8) is 0 Å². The molecule has 2 aliphatic carbocycles. The number of rotatable bonds is 5. The van der Waals surface area contributed by atoms with E-state index in [1.807, 2.05) is 6.08 Å². The topological polar surface area (TPSA) is 9.23 Å². The molecule has 2 fully saturated rings. The molecule has 4 rings (SSSR count). The molecule has 4 atom stereocenters. The predicted molar refractivity (Wildman–Crippen MR) is 125 cm³/mol. The van der Waals surface area contributed by atoms with Crippen LogP contribution in [0.3, 0.4) is 0 Å². The fourth-order valence-corrected chi connectivity index (χ4v) is 5.42. The minimum absolute atomic E-state index is 0.0207. The van der Waals surface area contributed by atoms with E-state index in [0.29, 0.717) is 23.3 Å². The van der Waals surface area contributed by atoms with E-state index in [2.05, 4.69) is 25.0 Å². The molecule has 0 aromatic heterocycles. The summed E-state index contributed by atoms with van der Waals surface area (Å²) >= 11 is 0. The van der Waals surface area contributed by atoms with Gasteiger partial charge in [-0.25, -0.2) is 13.2 Å². The highest BCUT2D eigenvalue weighted by molar-refractivity contribution is 5.47. The zero-order valence-electron chi connectivity index (χ0n) is 19.1. The number of hydrogen-bond acceptors (Lipinski definition) is 1. The average molecular weight is 469 g/mol. The highest BCUT2D eigenvalue weighted by atomic mass is 19.2. The lowest BCUT2D eigenvalue weighted by Gasteiger charge is -2.41. The summed E-state index contributed by atoms with van der Waals surface area (Å²) in [5, 5.41) is 0. The second-order valence-corrected chi connectivity index (χ2v) is 9.26. The zero-order chi connectivity index (χ0) is 24.2. The van der Waals surface area contributed by atoms with Crippen LogP contribution in [0.5, 0.6) is 5.75 Å². The van der Waals surface area contributed by atoms with Crippen LogP contribution in [0, 0.1) is 52.9 Å². The van der Waals surface area contributed by atoms with E-state index in [-0.39, 0.29) is 29.4 Å². The van der Waals surface area contributed by atoms with Gasteiger partial charge in [0.25, 0.3) is 0 Å². The van der Waals surface area contributed by atoms with E-state index in [1.165, 1.54) is 24.3 Å². The third kappa shape index (κ3) is 4.92. The van der Waals surface area contributed by atoms with E-state index in [4.69, 9.17) is 4.74 Å². The molecule has 34 heavy (non-hydrogen) atoms. The van der Waals surface area contributed by atoms with Crippen LogP contribution < -0.4 is 4.74 Å². The molecule has 0 N–H and O–H groups in total. The smallest absolute Gasteiger partial charge is 0.201 e.